The molecule has 0 bridgehead atoms. The van der Waals surface area contributed by atoms with Gasteiger partial charge in [-0.2, -0.15) is 0 Å². The predicted octanol–water partition coefficient (Wildman–Crippen LogP) is 2.14. The van der Waals surface area contributed by atoms with Crippen molar-refractivity contribution in [2.24, 2.45) is 0 Å². The molecule has 0 heterocycles. The Balaban J connectivity index is 3.54. The fraction of sp³-hybridized carbons (Fsp3) is 1.00. The minimum atomic E-state index is 0.604. The van der Waals surface area contributed by atoms with Crippen molar-refractivity contribution in [3.8, 4) is 0 Å². The van der Waals surface area contributed by atoms with E-state index < -0.39 is 0 Å². The molecule has 4 nitrogen and oxygen atoms in total. The number of ether oxygens (including phenoxy) is 2. The zero-order chi connectivity index (χ0) is 14.3. The van der Waals surface area contributed by atoms with Gasteiger partial charge in [0.2, 0.25) is 0 Å². The molecule has 0 aromatic rings. The second-order valence-corrected chi connectivity index (χ2v) is 5.35. The number of hydrogen-bond donors (Lipinski definition) is 1. The summed E-state index contributed by atoms with van der Waals surface area (Å²) in [7, 11) is 3.53. The molecular weight excluding hydrogens is 240 g/mol. The molecule has 0 aliphatic heterocycles. The van der Waals surface area contributed by atoms with E-state index >= 15 is 0 Å². The van der Waals surface area contributed by atoms with Crippen LogP contribution < -0.4 is 5.32 Å². The maximum absolute atomic E-state index is 5.17. The van der Waals surface area contributed by atoms with E-state index in [1.807, 2.05) is 0 Å². The van der Waals surface area contributed by atoms with Gasteiger partial charge in [0.15, 0.2) is 0 Å². The van der Waals surface area contributed by atoms with Crippen LogP contribution in [0.15, 0.2) is 0 Å². The van der Waals surface area contributed by atoms with E-state index in [-0.39, 0.29) is 0 Å². The lowest BCUT2D eigenvalue weighted by molar-refractivity contribution is 0.131. The number of nitrogens with zero attached hydrogens (tertiary/aromatic N) is 1. The normalized spacial score (nSPS) is 11.7. The Hall–Kier alpha value is -0.160. The molecule has 0 unspecified atom stereocenters. The molecule has 0 saturated carbocycles. The van der Waals surface area contributed by atoms with Gasteiger partial charge < -0.3 is 19.7 Å². The van der Waals surface area contributed by atoms with Gasteiger partial charge in [-0.05, 0) is 32.4 Å². The third-order valence-corrected chi connectivity index (χ3v) is 3.14. The third kappa shape index (κ3) is 14.1. The second kappa shape index (κ2) is 14.3. The highest BCUT2D eigenvalue weighted by molar-refractivity contribution is 4.59. The van der Waals surface area contributed by atoms with E-state index in [0.717, 1.165) is 39.3 Å². The SMILES string of the molecule is COCCCN(CCCCCNC(C)C)CCOC. The molecule has 0 aromatic carbocycles. The summed E-state index contributed by atoms with van der Waals surface area (Å²) in [6.45, 7) is 10.5. The molecule has 0 rings (SSSR count). The summed E-state index contributed by atoms with van der Waals surface area (Å²) in [4.78, 5) is 2.48. The molecule has 0 aliphatic carbocycles. The summed E-state index contributed by atoms with van der Waals surface area (Å²) < 4.78 is 10.3. The first-order valence-corrected chi connectivity index (χ1v) is 7.64. The van der Waals surface area contributed by atoms with E-state index in [4.69, 9.17) is 9.47 Å². The van der Waals surface area contributed by atoms with Crippen LogP contribution in [0.3, 0.4) is 0 Å². The molecule has 1 N–H and O–H groups in total. The minimum Gasteiger partial charge on any atom is -0.385 e. The molecule has 0 atom stereocenters. The monoisotopic (exact) mass is 274 g/mol. The van der Waals surface area contributed by atoms with Crippen molar-refractivity contribution >= 4 is 0 Å². The lowest BCUT2D eigenvalue weighted by Gasteiger charge is -2.21. The largest absolute Gasteiger partial charge is 0.385 e. The van der Waals surface area contributed by atoms with E-state index in [2.05, 4.69) is 24.1 Å². The minimum absolute atomic E-state index is 0.604. The van der Waals surface area contributed by atoms with E-state index in [0.29, 0.717) is 6.04 Å². The average molecular weight is 274 g/mol. The van der Waals surface area contributed by atoms with E-state index in [9.17, 15) is 0 Å². The van der Waals surface area contributed by atoms with Crippen LogP contribution >= 0.6 is 0 Å². The van der Waals surface area contributed by atoms with Gasteiger partial charge in [0.25, 0.3) is 0 Å². The number of methoxy groups -OCH3 is 2. The second-order valence-electron chi connectivity index (χ2n) is 5.35. The fourth-order valence-electron chi connectivity index (χ4n) is 2.02. The standard InChI is InChI=1S/C15H34N2O2/c1-15(2)16-9-6-5-7-10-17(12-14-19-4)11-8-13-18-3/h15-16H,5-14H2,1-4H3. The first-order valence-electron chi connectivity index (χ1n) is 7.64. The van der Waals surface area contributed by atoms with Gasteiger partial charge in [0.1, 0.15) is 0 Å². The summed E-state index contributed by atoms with van der Waals surface area (Å²) in [6.07, 6.45) is 4.95. The lowest BCUT2D eigenvalue weighted by atomic mass is 10.2. The van der Waals surface area contributed by atoms with Crippen LogP contribution in [-0.4, -0.2) is 64.6 Å². The zero-order valence-corrected chi connectivity index (χ0v) is 13.4. The van der Waals surface area contributed by atoms with E-state index in [1.165, 1.54) is 25.8 Å². The number of rotatable bonds is 14. The molecular formula is C15H34N2O2. The first-order chi connectivity index (χ1) is 9.20. The van der Waals surface area contributed by atoms with Crippen LogP contribution in [0.25, 0.3) is 0 Å². The lowest BCUT2D eigenvalue weighted by Crippen LogP contribution is -2.30. The molecule has 0 radical (unpaired) electrons. The summed E-state index contributed by atoms with van der Waals surface area (Å²) in [6, 6.07) is 0.604. The average Bonchev–Trinajstić information content (AvgIpc) is 2.39. The van der Waals surface area contributed by atoms with Crippen LogP contribution in [0.5, 0.6) is 0 Å². The van der Waals surface area contributed by atoms with Gasteiger partial charge in [-0.1, -0.05) is 20.3 Å². The van der Waals surface area contributed by atoms with Crippen LogP contribution in [0, 0.1) is 0 Å². The van der Waals surface area contributed by atoms with Crippen molar-refractivity contribution in [2.45, 2.75) is 45.6 Å². The molecule has 0 fully saturated rings. The fourth-order valence-corrected chi connectivity index (χ4v) is 2.02. The highest BCUT2D eigenvalue weighted by Gasteiger charge is 2.04. The molecule has 116 valence electrons. The van der Waals surface area contributed by atoms with Crippen LogP contribution in [-0.2, 0) is 9.47 Å². The Kier molecular flexibility index (Phi) is 14.1. The van der Waals surface area contributed by atoms with E-state index in [1.54, 1.807) is 14.2 Å². The topological polar surface area (TPSA) is 33.7 Å². The highest BCUT2D eigenvalue weighted by atomic mass is 16.5. The van der Waals surface area contributed by atoms with Crippen molar-refractivity contribution in [1.29, 1.82) is 0 Å². The Morgan fingerprint density at radius 2 is 1.53 bits per heavy atom. The summed E-state index contributed by atoms with van der Waals surface area (Å²) in [5, 5.41) is 3.46. The maximum atomic E-state index is 5.17. The van der Waals surface area contributed by atoms with Gasteiger partial charge in [-0.3, -0.25) is 0 Å². The van der Waals surface area contributed by atoms with Gasteiger partial charge in [-0.25, -0.2) is 0 Å². The van der Waals surface area contributed by atoms with Crippen molar-refractivity contribution in [3.05, 3.63) is 0 Å². The Labute approximate surface area is 119 Å². The molecule has 0 aliphatic rings. The summed E-state index contributed by atoms with van der Waals surface area (Å²) >= 11 is 0. The number of hydrogen-bond acceptors (Lipinski definition) is 4. The maximum Gasteiger partial charge on any atom is 0.0589 e. The van der Waals surface area contributed by atoms with Crippen molar-refractivity contribution in [3.63, 3.8) is 0 Å². The smallest absolute Gasteiger partial charge is 0.0589 e. The zero-order valence-electron chi connectivity index (χ0n) is 13.4. The van der Waals surface area contributed by atoms with Crippen LogP contribution in [0.4, 0.5) is 0 Å². The van der Waals surface area contributed by atoms with Crippen molar-refractivity contribution in [1.82, 2.24) is 10.2 Å². The quantitative estimate of drug-likeness (QED) is 0.492. The molecule has 4 heteroatoms. The first kappa shape index (κ1) is 18.8. The van der Waals surface area contributed by atoms with Crippen LogP contribution in [0.2, 0.25) is 0 Å². The Bertz CT molecular complexity index is 178. The molecule has 0 spiro atoms. The molecule has 0 saturated heterocycles. The molecule has 19 heavy (non-hydrogen) atoms. The molecule has 0 amide bonds. The van der Waals surface area contributed by atoms with Gasteiger partial charge >= 0.3 is 0 Å². The number of unbranched alkanes of at least 4 members (excludes halogenated alkanes) is 2. The summed E-state index contributed by atoms with van der Waals surface area (Å²) in [5.74, 6) is 0. The summed E-state index contributed by atoms with van der Waals surface area (Å²) in [5.41, 5.74) is 0. The van der Waals surface area contributed by atoms with Crippen molar-refractivity contribution < 1.29 is 9.47 Å². The van der Waals surface area contributed by atoms with Crippen molar-refractivity contribution in [2.75, 3.05) is 53.6 Å². The Morgan fingerprint density at radius 3 is 2.16 bits per heavy atom. The van der Waals surface area contributed by atoms with Gasteiger partial charge in [0.05, 0.1) is 6.61 Å². The third-order valence-electron chi connectivity index (χ3n) is 3.14. The Morgan fingerprint density at radius 1 is 0.842 bits per heavy atom. The predicted molar refractivity (Wildman–Crippen MR) is 81.8 cm³/mol. The van der Waals surface area contributed by atoms with Gasteiger partial charge in [-0.15, -0.1) is 0 Å². The highest BCUT2D eigenvalue weighted by Crippen LogP contribution is 2.00. The van der Waals surface area contributed by atoms with Crippen LogP contribution in [0.1, 0.15) is 39.5 Å². The van der Waals surface area contributed by atoms with Gasteiger partial charge in [0, 0.05) is 40.0 Å². The molecule has 0 aromatic heterocycles. The number of nitrogens with one attached hydrogen (secondary N) is 1.